The lowest BCUT2D eigenvalue weighted by Crippen LogP contribution is -2.33. The molecule has 2 atom stereocenters. The summed E-state index contributed by atoms with van der Waals surface area (Å²) < 4.78 is 37.5. The molecule has 0 aliphatic carbocycles. The Morgan fingerprint density at radius 3 is 2.35 bits per heavy atom. The van der Waals surface area contributed by atoms with Gasteiger partial charge < -0.3 is 5.11 Å². The lowest BCUT2D eigenvalue weighted by atomic mass is 10.2. The van der Waals surface area contributed by atoms with Crippen molar-refractivity contribution in [3.63, 3.8) is 0 Å². The number of aromatic carboxylic acids is 1. The molecule has 8 heteroatoms. The lowest BCUT2D eigenvalue weighted by molar-refractivity contribution is 0.0696. The van der Waals surface area contributed by atoms with Crippen molar-refractivity contribution in [2.75, 3.05) is 12.0 Å². The molecule has 0 bridgehead atoms. The third-order valence-electron chi connectivity index (χ3n) is 2.61. The second-order valence-corrected chi connectivity index (χ2v) is 7.69. The minimum atomic E-state index is -3.69. The summed E-state index contributed by atoms with van der Waals surface area (Å²) in [6, 6.07) is 4.63. The molecule has 0 heterocycles. The Balaban J connectivity index is 2.78. The van der Waals surface area contributed by atoms with Gasteiger partial charge in [0.15, 0.2) is 0 Å². The van der Waals surface area contributed by atoms with Gasteiger partial charge >= 0.3 is 5.97 Å². The van der Waals surface area contributed by atoms with Crippen molar-refractivity contribution in [2.24, 2.45) is 0 Å². The molecule has 6 nitrogen and oxygen atoms in total. The van der Waals surface area contributed by atoms with E-state index >= 15 is 0 Å². The molecular formula is C12H17NO5S2. The number of carboxylic acids is 1. The molecule has 1 rings (SSSR count). The van der Waals surface area contributed by atoms with Crippen LogP contribution in [0.5, 0.6) is 0 Å². The van der Waals surface area contributed by atoms with Crippen LogP contribution in [0.4, 0.5) is 0 Å². The fraction of sp³-hybridized carbons (Fsp3) is 0.417. The topological polar surface area (TPSA) is 101 Å². The van der Waals surface area contributed by atoms with E-state index in [2.05, 4.69) is 4.72 Å². The van der Waals surface area contributed by atoms with Gasteiger partial charge in [-0.2, -0.15) is 0 Å². The van der Waals surface area contributed by atoms with E-state index in [1.165, 1.54) is 24.3 Å². The van der Waals surface area contributed by atoms with E-state index in [9.17, 15) is 17.4 Å². The third-order valence-corrected chi connectivity index (χ3v) is 5.02. The van der Waals surface area contributed by atoms with Crippen molar-refractivity contribution in [1.29, 1.82) is 0 Å². The summed E-state index contributed by atoms with van der Waals surface area (Å²) in [6.07, 6.45) is 2.03. The van der Waals surface area contributed by atoms with Gasteiger partial charge in [-0.1, -0.05) is 0 Å². The summed E-state index contributed by atoms with van der Waals surface area (Å²) in [5.41, 5.74) is 0.0263. The van der Waals surface area contributed by atoms with E-state index in [0.717, 1.165) is 0 Å². The lowest BCUT2D eigenvalue weighted by Gasteiger charge is -2.13. The van der Waals surface area contributed by atoms with Crippen LogP contribution in [-0.4, -0.2) is 41.8 Å². The first-order valence-corrected chi connectivity index (χ1v) is 9.09. The molecule has 0 aliphatic rings. The van der Waals surface area contributed by atoms with Crippen LogP contribution in [0.3, 0.4) is 0 Å². The number of carbonyl (C=O) groups is 1. The number of carboxylic acid groups (broad SMARTS) is 1. The highest BCUT2D eigenvalue weighted by Crippen LogP contribution is 2.11. The Morgan fingerprint density at radius 1 is 1.35 bits per heavy atom. The Hall–Kier alpha value is -1.25. The van der Waals surface area contributed by atoms with Crippen LogP contribution in [-0.2, 0) is 20.8 Å². The number of benzene rings is 1. The molecule has 1 aromatic carbocycles. The summed E-state index contributed by atoms with van der Waals surface area (Å²) in [6.45, 7) is 1.69. The fourth-order valence-corrected chi connectivity index (χ4v) is 3.47. The smallest absolute Gasteiger partial charge is 0.335 e. The zero-order chi connectivity index (χ0) is 15.3. The summed E-state index contributed by atoms with van der Waals surface area (Å²) in [5, 5.41) is 8.75. The van der Waals surface area contributed by atoms with Crippen molar-refractivity contribution in [3.05, 3.63) is 29.8 Å². The molecule has 0 saturated heterocycles. The Labute approximate surface area is 120 Å². The Kier molecular flexibility index (Phi) is 5.85. The SMILES string of the molecule is CC(CCS(C)=O)NS(=O)(=O)c1ccc(C(=O)O)cc1. The highest BCUT2D eigenvalue weighted by Gasteiger charge is 2.17. The quantitative estimate of drug-likeness (QED) is 0.775. The van der Waals surface area contributed by atoms with Crippen molar-refractivity contribution in [3.8, 4) is 0 Å². The van der Waals surface area contributed by atoms with Gasteiger partial charge in [0, 0.05) is 28.9 Å². The first-order valence-electron chi connectivity index (χ1n) is 5.88. The van der Waals surface area contributed by atoms with Crippen LogP contribution >= 0.6 is 0 Å². The molecule has 112 valence electrons. The van der Waals surface area contributed by atoms with Crippen molar-refractivity contribution in [1.82, 2.24) is 4.72 Å². The summed E-state index contributed by atoms with van der Waals surface area (Å²) in [7, 11) is -4.66. The highest BCUT2D eigenvalue weighted by molar-refractivity contribution is 7.89. The molecule has 2 N–H and O–H groups in total. The molecule has 0 radical (unpaired) electrons. The Bertz CT molecular complexity index is 595. The minimum absolute atomic E-state index is 0.00645. The monoisotopic (exact) mass is 319 g/mol. The normalized spacial score (nSPS) is 14.7. The average molecular weight is 319 g/mol. The number of nitrogens with one attached hydrogen (secondary N) is 1. The molecular weight excluding hydrogens is 302 g/mol. The van der Waals surface area contributed by atoms with Crippen LogP contribution in [0.25, 0.3) is 0 Å². The van der Waals surface area contributed by atoms with Crippen LogP contribution < -0.4 is 4.72 Å². The van der Waals surface area contributed by atoms with Crippen molar-refractivity contribution in [2.45, 2.75) is 24.3 Å². The van der Waals surface area contributed by atoms with E-state index in [-0.39, 0.29) is 16.5 Å². The molecule has 0 aliphatic heterocycles. The van der Waals surface area contributed by atoms with Crippen LogP contribution in [0, 0.1) is 0 Å². The zero-order valence-corrected chi connectivity index (χ0v) is 12.8. The first kappa shape index (κ1) is 16.8. The van der Waals surface area contributed by atoms with Gasteiger partial charge in [0.05, 0.1) is 10.5 Å². The van der Waals surface area contributed by atoms with Gasteiger partial charge in [-0.15, -0.1) is 0 Å². The predicted molar refractivity (Wildman–Crippen MR) is 76.7 cm³/mol. The summed E-state index contributed by atoms with van der Waals surface area (Å²) in [4.78, 5) is 10.7. The molecule has 0 spiro atoms. The maximum Gasteiger partial charge on any atom is 0.335 e. The van der Waals surface area contributed by atoms with Crippen LogP contribution in [0.1, 0.15) is 23.7 Å². The van der Waals surface area contributed by atoms with Gasteiger partial charge in [0.1, 0.15) is 0 Å². The number of rotatable bonds is 7. The first-order chi connectivity index (χ1) is 9.22. The average Bonchev–Trinajstić information content (AvgIpc) is 2.36. The van der Waals surface area contributed by atoms with E-state index < -0.39 is 26.8 Å². The van der Waals surface area contributed by atoms with Gasteiger partial charge in [-0.05, 0) is 37.6 Å². The largest absolute Gasteiger partial charge is 0.478 e. The molecule has 1 aromatic rings. The van der Waals surface area contributed by atoms with Crippen LogP contribution in [0.2, 0.25) is 0 Å². The standard InChI is InChI=1S/C12H17NO5S2/c1-9(7-8-19(2)16)13-20(17,18)11-5-3-10(4-6-11)12(14)15/h3-6,9,13H,7-8H2,1-2H3,(H,14,15). The molecule has 0 saturated carbocycles. The van der Waals surface area contributed by atoms with Crippen molar-refractivity contribution >= 4 is 26.8 Å². The fourth-order valence-electron chi connectivity index (χ4n) is 1.51. The van der Waals surface area contributed by atoms with Gasteiger partial charge in [0.2, 0.25) is 10.0 Å². The summed E-state index contributed by atoms with van der Waals surface area (Å²) in [5.74, 6) is -0.692. The third kappa shape index (κ3) is 5.03. The number of sulfonamides is 1. The zero-order valence-electron chi connectivity index (χ0n) is 11.2. The maximum absolute atomic E-state index is 12.0. The van der Waals surface area contributed by atoms with E-state index in [1.54, 1.807) is 13.2 Å². The molecule has 0 fully saturated rings. The maximum atomic E-state index is 12.0. The van der Waals surface area contributed by atoms with E-state index in [0.29, 0.717) is 12.2 Å². The molecule has 2 unspecified atom stereocenters. The second kappa shape index (κ2) is 6.96. The molecule has 0 amide bonds. The molecule has 0 aromatic heterocycles. The number of hydrogen-bond donors (Lipinski definition) is 2. The number of hydrogen-bond acceptors (Lipinski definition) is 4. The van der Waals surface area contributed by atoms with E-state index in [1.807, 2.05) is 0 Å². The van der Waals surface area contributed by atoms with Crippen LogP contribution in [0.15, 0.2) is 29.2 Å². The van der Waals surface area contributed by atoms with Gasteiger partial charge in [-0.25, -0.2) is 17.9 Å². The highest BCUT2D eigenvalue weighted by atomic mass is 32.2. The minimum Gasteiger partial charge on any atom is -0.478 e. The van der Waals surface area contributed by atoms with Gasteiger partial charge in [-0.3, -0.25) is 4.21 Å². The van der Waals surface area contributed by atoms with Crippen molar-refractivity contribution < 1.29 is 22.5 Å². The second-order valence-electron chi connectivity index (χ2n) is 4.42. The summed E-state index contributed by atoms with van der Waals surface area (Å²) >= 11 is 0. The molecule has 20 heavy (non-hydrogen) atoms. The van der Waals surface area contributed by atoms with Gasteiger partial charge in [0.25, 0.3) is 0 Å². The van der Waals surface area contributed by atoms with E-state index in [4.69, 9.17) is 5.11 Å². The predicted octanol–water partition coefficient (Wildman–Crippen LogP) is 0.820. The Morgan fingerprint density at radius 2 is 1.90 bits per heavy atom.